The first-order valence-corrected chi connectivity index (χ1v) is 7.74. The van der Waals surface area contributed by atoms with Crippen molar-refractivity contribution < 1.29 is 14.2 Å². The molecule has 6 heteroatoms. The van der Waals surface area contributed by atoms with E-state index in [9.17, 15) is 0 Å². The summed E-state index contributed by atoms with van der Waals surface area (Å²) in [5.74, 6) is 0. The Hall–Kier alpha value is -0.240. The first kappa shape index (κ1) is 23.8. The lowest BCUT2D eigenvalue weighted by Gasteiger charge is -2.34. The highest BCUT2D eigenvalue weighted by Crippen LogP contribution is 2.44. The molecule has 1 atom stereocenters. The predicted molar refractivity (Wildman–Crippen MR) is 81.7 cm³/mol. The smallest absolute Gasteiger partial charge is 0.258 e. The fourth-order valence-corrected chi connectivity index (χ4v) is 2.79. The van der Waals surface area contributed by atoms with Gasteiger partial charge in [-0.3, -0.25) is 0 Å². The van der Waals surface area contributed by atoms with Gasteiger partial charge < -0.3 is 14.2 Å². The molecule has 0 rings (SSSR count). The summed E-state index contributed by atoms with van der Waals surface area (Å²) < 4.78 is 13.1. The van der Waals surface area contributed by atoms with E-state index in [0.717, 1.165) is 7.11 Å². The summed E-state index contributed by atoms with van der Waals surface area (Å²) in [5.41, 5.74) is 0. The summed E-state index contributed by atoms with van der Waals surface area (Å²) in [6.07, 6.45) is 0.409. The summed E-state index contributed by atoms with van der Waals surface area (Å²) >= 11 is 0. The van der Waals surface area contributed by atoms with Crippen molar-refractivity contribution in [2.45, 2.75) is 60.0 Å². The van der Waals surface area contributed by atoms with Gasteiger partial charge in [-0.15, -0.1) is 0 Å². The molecule has 0 aliphatic carbocycles. The van der Waals surface area contributed by atoms with Crippen molar-refractivity contribution in [3.05, 3.63) is 0 Å². The molecular weight excluding hydrogens is 263 g/mol. The first-order chi connectivity index (χ1) is 9.04. The van der Waals surface area contributed by atoms with Crippen LogP contribution in [0, 0.1) is 11.3 Å². The number of nitrogens with zero attached hydrogens (tertiary/aromatic N) is 2. The largest absolute Gasteiger partial charge is 0.400 e. The van der Waals surface area contributed by atoms with Gasteiger partial charge in [-0.1, -0.05) is 13.8 Å². The first-order valence-electron chi connectivity index (χ1n) is 6.61. The van der Waals surface area contributed by atoms with Crippen molar-refractivity contribution >= 4 is 8.53 Å². The fourth-order valence-electron chi connectivity index (χ4n) is 1.36. The number of aliphatic hydroxyl groups is 1. The summed E-state index contributed by atoms with van der Waals surface area (Å²) in [6.45, 7) is 12.9. The molecule has 0 heterocycles. The average molecular weight is 294 g/mol. The third-order valence-corrected chi connectivity index (χ3v) is 3.84. The summed E-state index contributed by atoms with van der Waals surface area (Å²) in [5, 5.41) is 15.4. The van der Waals surface area contributed by atoms with Crippen molar-refractivity contribution in [2.24, 2.45) is 0 Å². The van der Waals surface area contributed by atoms with Crippen LogP contribution in [0.1, 0.15) is 48.0 Å². The maximum Gasteiger partial charge on any atom is 0.258 e. The van der Waals surface area contributed by atoms with Gasteiger partial charge in [-0.2, -0.15) is 5.26 Å². The van der Waals surface area contributed by atoms with Gasteiger partial charge in [0.2, 0.25) is 0 Å². The lowest BCUT2D eigenvalue weighted by atomic mass is 10.3. The van der Waals surface area contributed by atoms with E-state index in [-0.39, 0.29) is 0 Å². The van der Waals surface area contributed by atoms with Crippen LogP contribution in [-0.2, 0) is 9.05 Å². The number of hydrogen-bond acceptors (Lipinski definition) is 5. The molecule has 116 valence electrons. The molecule has 5 nitrogen and oxygen atoms in total. The van der Waals surface area contributed by atoms with Crippen LogP contribution in [0.5, 0.6) is 0 Å². The highest BCUT2D eigenvalue weighted by Gasteiger charge is 2.25. The topological polar surface area (TPSA) is 65.7 Å². The Balaban J connectivity index is -0.000000579. The third-order valence-electron chi connectivity index (χ3n) is 1.82. The van der Waals surface area contributed by atoms with E-state index in [1.165, 1.54) is 0 Å². The molecule has 0 radical (unpaired) electrons. The second-order valence-electron chi connectivity index (χ2n) is 3.73. The lowest BCUT2D eigenvalue weighted by Crippen LogP contribution is -2.33. The Morgan fingerprint density at radius 1 is 1.16 bits per heavy atom. The van der Waals surface area contributed by atoms with Crippen molar-refractivity contribution in [1.82, 2.24) is 4.67 Å². The normalized spacial score (nSPS) is 11.3. The molecule has 0 saturated carbocycles. The van der Waals surface area contributed by atoms with Crippen LogP contribution in [0.15, 0.2) is 0 Å². The second kappa shape index (κ2) is 17.8. The highest BCUT2D eigenvalue weighted by atomic mass is 31.2. The Morgan fingerprint density at radius 3 is 1.84 bits per heavy atom. The zero-order chi connectivity index (χ0) is 15.8. The molecule has 1 unspecified atom stereocenters. The molecule has 0 aliphatic rings. The van der Waals surface area contributed by atoms with Crippen LogP contribution in [0.2, 0.25) is 0 Å². The molecule has 0 spiro atoms. The van der Waals surface area contributed by atoms with Crippen LogP contribution < -0.4 is 0 Å². The SMILES string of the molecule is CC.CO.COP(OCCC#N)N(C(C)C)C(C)C. The maximum absolute atomic E-state index is 8.43. The van der Waals surface area contributed by atoms with E-state index >= 15 is 0 Å². The van der Waals surface area contributed by atoms with E-state index in [1.807, 2.05) is 13.8 Å². The second-order valence-corrected chi connectivity index (χ2v) is 5.29. The van der Waals surface area contributed by atoms with Gasteiger partial charge in [0.1, 0.15) is 0 Å². The van der Waals surface area contributed by atoms with Crippen molar-refractivity contribution in [2.75, 3.05) is 20.8 Å². The molecule has 0 saturated heterocycles. The van der Waals surface area contributed by atoms with Gasteiger partial charge in [0.05, 0.1) is 19.1 Å². The Morgan fingerprint density at radius 2 is 1.58 bits per heavy atom. The van der Waals surface area contributed by atoms with Gasteiger partial charge in [0.25, 0.3) is 8.53 Å². The molecule has 0 amide bonds. The molecule has 0 bridgehead atoms. The number of aliphatic hydroxyl groups excluding tert-OH is 1. The fraction of sp³-hybridized carbons (Fsp3) is 0.923. The quantitative estimate of drug-likeness (QED) is 0.574. The molecular formula is C13H31N2O3P. The monoisotopic (exact) mass is 294 g/mol. The van der Waals surface area contributed by atoms with Gasteiger partial charge in [0, 0.05) is 26.3 Å². The minimum atomic E-state index is -1.03. The number of nitriles is 1. The zero-order valence-electron chi connectivity index (χ0n) is 13.7. The Kier molecular flexibility index (Phi) is 22.3. The predicted octanol–water partition coefficient (Wildman–Crippen LogP) is 3.54. The van der Waals surface area contributed by atoms with Crippen LogP contribution in [-0.4, -0.2) is 42.7 Å². The van der Waals surface area contributed by atoms with Crippen molar-refractivity contribution in [3.8, 4) is 6.07 Å². The Labute approximate surface area is 120 Å². The molecule has 19 heavy (non-hydrogen) atoms. The standard InChI is InChI=1S/C10H21N2O2P.C2H6.CH4O/c1-9(2)12(10(3)4)15(13-5)14-8-6-7-11;2*1-2/h9-10H,6,8H2,1-5H3;1-2H3;2H,1H3. The van der Waals surface area contributed by atoms with E-state index < -0.39 is 8.53 Å². The van der Waals surface area contributed by atoms with E-state index in [4.69, 9.17) is 19.4 Å². The number of rotatable bonds is 7. The lowest BCUT2D eigenvalue weighted by molar-refractivity contribution is 0.197. The molecule has 0 aromatic rings. The molecule has 0 aliphatic heterocycles. The van der Waals surface area contributed by atoms with Crippen LogP contribution in [0.25, 0.3) is 0 Å². The maximum atomic E-state index is 8.43. The number of hydrogen-bond donors (Lipinski definition) is 1. The molecule has 0 fully saturated rings. The molecule has 0 aromatic heterocycles. The van der Waals surface area contributed by atoms with E-state index in [1.54, 1.807) is 7.11 Å². The van der Waals surface area contributed by atoms with Gasteiger partial charge >= 0.3 is 0 Å². The van der Waals surface area contributed by atoms with E-state index in [0.29, 0.717) is 25.1 Å². The van der Waals surface area contributed by atoms with Gasteiger partial charge in [0.15, 0.2) is 0 Å². The zero-order valence-corrected chi connectivity index (χ0v) is 14.6. The Bertz CT molecular complexity index is 201. The van der Waals surface area contributed by atoms with Crippen LogP contribution in [0.3, 0.4) is 0 Å². The van der Waals surface area contributed by atoms with Gasteiger partial charge in [-0.05, 0) is 27.7 Å². The van der Waals surface area contributed by atoms with Crippen LogP contribution in [0.4, 0.5) is 0 Å². The molecule has 0 aromatic carbocycles. The summed E-state index contributed by atoms with van der Waals surface area (Å²) in [4.78, 5) is 0. The summed E-state index contributed by atoms with van der Waals surface area (Å²) in [6, 6.07) is 2.80. The van der Waals surface area contributed by atoms with Crippen LogP contribution >= 0.6 is 8.53 Å². The van der Waals surface area contributed by atoms with E-state index in [2.05, 4.69) is 38.4 Å². The van der Waals surface area contributed by atoms with Crippen molar-refractivity contribution in [1.29, 1.82) is 5.26 Å². The minimum Gasteiger partial charge on any atom is -0.400 e. The third kappa shape index (κ3) is 12.5. The summed E-state index contributed by atoms with van der Waals surface area (Å²) in [7, 11) is 1.62. The molecule has 1 N–H and O–H groups in total. The highest BCUT2D eigenvalue weighted by molar-refractivity contribution is 7.44. The van der Waals surface area contributed by atoms with Crippen molar-refractivity contribution in [3.63, 3.8) is 0 Å². The van der Waals surface area contributed by atoms with Gasteiger partial charge in [-0.25, -0.2) is 4.67 Å². The minimum absolute atomic E-state index is 0.373. The average Bonchev–Trinajstić information content (AvgIpc) is 2.41.